The first-order valence-corrected chi connectivity index (χ1v) is 7.20. The van der Waals surface area contributed by atoms with Gasteiger partial charge in [0.2, 0.25) is 5.95 Å². The molecule has 2 rings (SSSR count). The first kappa shape index (κ1) is 14.6. The Hall–Kier alpha value is -1.84. The molecule has 0 aliphatic carbocycles. The number of hydrogen-bond acceptors (Lipinski definition) is 4. The predicted octanol–water partition coefficient (Wildman–Crippen LogP) is 3.54. The summed E-state index contributed by atoms with van der Waals surface area (Å²) >= 11 is 0. The van der Waals surface area contributed by atoms with Crippen LogP contribution in [0.5, 0.6) is 0 Å². The van der Waals surface area contributed by atoms with E-state index < -0.39 is 0 Å². The maximum atomic E-state index is 4.65. The second kappa shape index (κ2) is 6.07. The molecule has 108 valence electrons. The molecule has 0 aliphatic heterocycles. The minimum atomic E-state index is 0.443. The normalized spacial score (nSPS) is 12.7. The van der Waals surface area contributed by atoms with E-state index in [2.05, 4.69) is 54.1 Å². The number of rotatable bonds is 5. The van der Waals surface area contributed by atoms with Crippen molar-refractivity contribution in [3.8, 4) is 0 Å². The predicted molar refractivity (Wildman–Crippen MR) is 86.4 cm³/mol. The lowest BCUT2D eigenvalue weighted by molar-refractivity contribution is 0.503. The van der Waals surface area contributed by atoms with Crippen molar-refractivity contribution >= 4 is 22.7 Å². The maximum absolute atomic E-state index is 4.65. The zero-order valence-electron chi connectivity index (χ0n) is 13.0. The van der Waals surface area contributed by atoms with E-state index in [0.29, 0.717) is 17.9 Å². The number of fused-ring (bicyclic) bond motifs is 1. The number of nitrogens with one attached hydrogen (secondary N) is 1. The smallest absolute Gasteiger partial charge is 0.224 e. The first-order chi connectivity index (χ1) is 9.52. The molecule has 1 N–H and O–H groups in total. The fourth-order valence-electron chi connectivity index (χ4n) is 2.49. The zero-order valence-corrected chi connectivity index (χ0v) is 13.0. The molecule has 0 fully saturated rings. The molecule has 0 spiro atoms. The van der Waals surface area contributed by atoms with Crippen LogP contribution in [-0.2, 0) is 0 Å². The molecule has 0 radical (unpaired) electrons. The summed E-state index contributed by atoms with van der Waals surface area (Å²) in [6.45, 7) is 6.75. The highest BCUT2D eigenvalue weighted by Crippen LogP contribution is 2.26. The van der Waals surface area contributed by atoms with E-state index in [-0.39, 0.29) is 0 Å². The third-order valence-electron chi connectivity index (χ3n) is 3.61. The Morgan fingerprint density at radius 2 is 1.85 bits per heavy atom. The molecule has 1 heterocycles. The molecule has 0 aliphatic rings. The Morgan fingerprint density at radius 1 is 1.15 bits per heavy atom. The monoisotopic (exact) mass is 272 g/mol. The van der Waals surface area contributed by atoms with Gasteiger partial charge in [0.1, 0.15) is 5.82 Å². The summed E-state index contributed by atoms with van der Waals surface area (Å²) < 4.78 is 0. The summed E-state index contributed by atoms with van der Waals surface area (Å²) in [4.78, 5) is 11.4. The molecule has 20 heavy (non-hydrogen) atoms. The van der Waals surface area contributed by atoms with Gasteiger partial charge in [-0.2, -0.15) is 4.98 Å². The van der Waals surface area contributed by atoms with Gasteiger partial charge >= 0.3 is 0 Å². The summed E-state index contributed by atoms with van der Waals surface area (Å²) in [5, 5.41) is 4.15. The number of anilines is 2. The van der Waals surface area contributed by atoms with Crippen LogP contribution in [0.4, 0.5) is 11.8 Å². The Balaban J connectivity index is 2.46. The summed E-state index contributed by atoms with van der Waals surface area (Å²) in [7, 11) is 3.96. The van der Waals surface area contributed by atoms with Crippen LogP contribution in [0.3, 0.4) is 0 Å². The van der Waals surface area contributed by atoms with Crippen LogP contribution in [0.2, 0.25) is 0 Å². The SMILES string of the molecule is CNc1nc(N(C)C(C)CC(C)C)c2ccccc2n1. The molecule has 0 amide bonds. The average Bonchev–Trinajstić information content (AvgIpc) is 2.44. The maximum Gasteiger partial charge on any atom is 0.224 e. The summed E-state index contributed by atoms with van der Waals surface area (Å²) in [6, 6.07) is 8.61. The summed E-state index contributed by atoms with van der Waals surface area (Å²) in [6.07, 6.45) is 1.14. The number of nitrogens with zero attached hydrogens (tertiary/aromatic N) is 3. The lowest BCUT2D eigenvalue weighted by atomic mass is 10.0. The van der Waals surface area contributed by atoms with E-state index in [1.165, 1.54) is 0 Å². The van der Waals surface area contributed by atoms with Crippen molar-refractivity contribution in [2.24, 2.45) is 5.92 Å². The van der Waals surface area contributed by atoms with Gasteiger partial charge < -0.3 is 10.2 Å². The van der Waals surface area contributed by atoms with Gasteiger partial charge in [0.05, 0.1) is 5.52 Å². The Morgan fingerprint density at radius 3 is 2.50 bits per heavy atom. The lowest BCUT2D eigenvalue weighted by Gasteiger charge is -2.28. The Bertz CT molecular complexity index is 580. The molecule has 1 unspecified atom stereocenters. The van der Waals surface area contributed by atoms with Crippen molar-refractivity contribution in [3.05, 3.63) is 24.3 Å². The van der Waals surface area contributed by atoms with E-state index >= 15 is 0 Å². The summed E-state index contributed by atoms with van der Waals surface area (Å²) in [5.74, 6) is 2.33. The quantitative estimate of drug-likeness (QED) is 0.904. The largest absolute Gasteiger partial charge is 0.357 e. The standard InChI is InChI=1S/C16H24N4/c1-11(2)10-12(3)20(5)15-13-8-6-7-9-14(13)18-16(17-4)19-15/h6-9,11-12H,10H2,1-5H3,(H,17,18,19). The van der Waals surface area contributed by atoms with Crippen LogP contribution >= 0.6 is 0 Å². The molecule has 1 atom stereocenters. The van der Waals surface area contributed by atoms with Gasteiger partial charge in [-0.15, -0.1) is 0 Å². The molecule has 0 saturated carbocycles. The van der Waals surface area contributed by atoms with Crippen LogP contribution in [-0.4, -0.2) is 30.1 Å². The van der Waals surface area contributed by atoms with Crippen LogP contribution < -0.4 is 10.2 Å². The molecule has 0 bridgehead atoms. The van der Waals surface area contributed by atoms with Crippen molar-refractivity contribution < 1.29 is 0 Å². The Kier molecular flexibility index (Phi) is 4.42. The number of benzene rings is 1. The van der Waals surface area contributed by atoms with Crippen LogP contribution in [0, 0.1) is 5.92 Å². The average molecular weight is 272 g/mol. The second-order valence-electron chi connectivity index (χ2n) is 5.73. The molecule has 0 saturated heterocycles. The van der Waals surface area contributed by atoms with E-state index in [0.717, 1.165) is 23.1 Å². The third kappa shape index (κ3) is 3.00. The van der Waals surface area contributed by atoms with E-state index in [9.17, 15) is 0 Å². The Labute approximate surface area is 121 Å². The highest BCUT2D eigenvalue weighted by atomic mass is 15.2. The molecule has 1 aromatic carbocycles. The minimum Gasteiger partial charge on any atom is -0.357 e. The summed E-state index contributed by atoms with van der Waals surface area (Å²) in [5.41, 5.74) is 0.977. The van der Waals surface area contributed by atoms with Crippen LogP contribution in [0.1, 0.15) is 27.2 Å². The topological polar surface area (TPSA) is 41.1 Å². The molecule has 1 aromatic heterocycles. The van der Waals surface area contributed by atoms with Crippen molar-refractivity contribution in [1.29, 1.82) is 0 Å². The number of aromatic nitrogens is 2. The molecule has 4 heteroatoms. The van der Waals surface area contributed by atoms with Crippen molar-refractivity contribution in [3.63, 3.8) is 0 Å². The van der Waals surface area contributed by atoms with Gasteiger partial charge in [-0.3, -0.25) is 0 Å². The van der Waals surface area contributed by atoms with E-state index in [1.807, 2.05) is 25.2 Å². The first-order valence-electron chi connectivity index (χ1n) is 7.20. The molecule has 2 aromatic rings. The molecular formula is C16H24N4. The van der Waals surface area contributed by atoms with Gasteiger partial charge in [-0.25, -0.2) is 4.98 Å². The van der Waals surface area contributed by atoms with Gasteiger partial charge in [0, 0.05) is 25.5 Å². The second-order valence-corrected chi connectivity index (χ2v) is 5.73. The fourth-order valence-corrected chi connectivity index (χ4v) is 2.49. The molecular weight excluding hydrogens is 248 g/mol. The number of para-hydroxylation sites is 1. The minimum absolute atomic E-state index is 0.443. The third-order valence-corrected chi connectivity index (χ3v) is 3.61. The fraction of sp³-hybridized carbons (Fsp3) is 0.500. The molecule has 4 nitrogen and oxygen atoms in total. The lowest BCUT2D eigenvalue weighted by Crippen LogP contribution is -2.31. The van der Waals surface area contributed by atoms with Gasteiger partial charge in [0.15, 0.2) is 0 Å². The van der Waals surface area contributed by atoms with Crippen molar-refractivity contribution in [2.45, 2.75) is 33.2 Å². The van der Waals surface area contributed by atoms with Gasteiger partial charge in [0.25, 0.3) is 0 Å². The van der Waals surface area contributed by atoms with Gasteiger partial charge in [-0.05, 0) is 31.4 Å². The van der Waals surface area contributed by atoms with Crippen LogP contribution in [0.25, 0.3) is 10.9 Å². The van der Waals surface area contributed by atoms with Crippen molar-refractivity contribution in [1.82, 2.24) is 9.97 Å². The van der Waals surface area contributed by atoms with Crippen molar-refractivity contribution in [2.75, 3.05) is 24.3 Å². The van der Waals surface area contributed by atoms with E-state index in [1.54, 1.807) is 0 Å². The van der Waals surface area contributed by atoms with Crippen LogP contribution in [0.15, 0.2) is 24.3 Å². The zero-order chi connectivity index (χ0) is 14.7. The van der Waals surface area contributed by atoms with E-state index in [4.69, 9.17) is 0 Å². The van der Waals surface area contributed by atoms with Gasteiger partial charge in [-0.1, -0.05) is 26.0 Å². The highest BCUT2D eigenvalue weighted by molar-refractivity contribution is 5.90. The highest BCUT2D eigenvalue weighted by Gasteiger charge is 2.16. The number of hydrogen-bond donors (Lipinski definition) is 1.